The van der Waals surface area contributed by atoms with Gasteiger partial charge in [0.1, 0.15) is 5.82 Å². The van der Waals surface area contributed by atoms with Gasteiger partial charge >= 0.3 is 12.0 Å². The van der Waals surface area contributed by atoms with Gasteiger partial charge in [0.2, 0.25) is 5.91 Å². The number of carbonyl (C=O) groups is 3. The van der Waals surface area contributed by atoms with Crippen LogP contribution in [0.5, 0.6) is 0 Å². The lowest BCUT2D eigenvalue weighted by atomic mass is 10.2. The van der Waals surface area contributed by atoms with E-state index in [4.69, 9.17) is 5.11 Å². The summed E-state index contributed by atoms with van der Waals surface area (Å²) in [5.74, 6) is -2.44. The Morgan fingerprint density at radius 3 is 2.52 bits per heavy atom. The van der Waals surface area contributed by atoms with Gasteiger partial charge in [-0.2, -0.15) is 0 Å². The average molecular weight is 297 g/mol. The molecule has 0 spiro atoms. The van der Waals surface area contributed by atoms with E-state index in [1.54, 1.807) is 14.1 Å². The summed E-state index contributed by atoms with van der Waals surface area (Å²) >= 11 is 0. The highest BCUT2D eigenvalue weighted by atomic mass is 19.1. The number of benzene rings is 1. The molecule has 0 saturated carbocycles. The van der Waals surface area contributed by atoms with Crippen molar-refractivity contribution >= 4 is 23.6 Å². The first-order chi connectivity index (χ1) is 9.81. The summed E-state index contributed by atoms with van der Waals surface area (Å²) in [5.41, 5.74) is -0.388. The Morgan fingerprint density at radius 1 is 1.29 bits per heavy atom. The zero-order valence-corrected chi connectivity index (χ0v) is 11.6. The third-order valence-corrected chi connectivity index (χ3v) is 2.58. The highest BCUT2D eigenvalue weighted by Crippen LogP contribution is 2.14. The number of halogens is 1. The van der Waals surface area contributed by atoms with Gasteiger partial charge in [-0.1, -0.05) is 0 Å². The molecule has 21 heavy (non-hydrogen) atoms. The normalized spacial score (nSPS) is 9.86. The second-order valence-corrected chi connectivity index (χ2v) is 4.42. The highest BCUT2D eigenvalue weighted by Gasteiger charge is 2.12. The average Bonchev–Trinajstić information content (AvgIpc) is 2.40. The Bertz CT molecular complexity index is 560. The number of nitrogens with zero attached hydrogens (tertiary/aromatic N) is 1. The van der Waals surface area contributed by atoms with E-state index >= 15 is 0 Å². The molecule has 3 N–H and O–H groups in total. The summed E-state index contributed by atoms with van der Waals surface area (Å²) < 4.78 is 13.2. The van der Waals surface area contributed by atoms with E-state index in [1.807, 2.05) is 0 Å². The predicted molar refractivity (Wildman–Crippen MR) is 73.7 cm³/mol. The molecule has 0 aliphatic rings. The van der Waals surface area contributed by atoms with Gasteiger partial charge in [0.05, 0.1) is 5.56 Å². The van der Waals surface area contributed by atoms with Crippen LogP contribution in [-0.2, 0) is 4.79 Å². The molecule has 0 bridgehead atoms. The SMILES string of the molecule is CN(C)C(=O)CCNC(=O)Nc1ccc(F)c(C(=O)O)c1. The molecule has 8 heteroatoms. The van der Waals surface area contributed by atoms with Crippen molar-refractivity contribution in [2.75, 3.05) is 26.0 Å². The number of amides is 3. The summed E-state index contributed by atoms with van der Waals surface area (Å²) in [7, 11) is 3.21. The van der Waals surface area contributed by atoms with E-state index in [0.29, 0.717) is 0 Å². The summed E-state index contributed by atoms with van der Waals surface area (Å²) in [4.78, 5) is 35.0. The minimum atomic E-state index is -1.42. The molecule has 0 fully saturated rings. The number of hydrogen-bond acceptors (Lipinski definition) is 3. The molecule has 0 heterocycles. The molecule has 0 saturated heterocycles. The number of aromatic carboxylic acids is 1. The van der Waals surface area contributed by atoms with Gasteiger partial charge in [-0.05, 0) is 18.2 Å². The van der Waals surface area contributed by atoms with Gasteiger partial charge < -0.3 is 20.6 Å². The van der Waals surface area contributed by atoms with E-state index in [1.165, 1.54) is 11.0 Å². The van der Waals surface area contributed by atoms with Gasteiger partial charge in [0.25, 0.3) is 0 Å². The fraction of sp³-hybridized carbons (Fsp3) is 0.308. The molecular formula is C13H16FN3O4. The molecule has 1 aromatic carbocycles. The van der Waals surface area contributed by atoms with Crippen LogP contribution in [0.1, 0.15) is 16.8 Å². The van der Waals surface area contributed by atoms with Crippen molar-refractivity contribution in [3.8, 4) is 0 Å². The molecule has 0 radical (unpaired) electrons. The van der Waals surface area contributed by atoms with Crippen LogP contribution < -0.4 is 10.6 Å². The molecule has 0 aliphatic carbocycles. The molecule has 1 aromatic rings. The van der Waals surface area contributed by atoms with Gasteiger partial charge in [-0.3, -0.25) is 4.79 Å². The molecule has 114 valence electrons. The van der Waals surface area contributed by atoms with Gasteiger partial charge in [-0.15, -0.1) is 0 Å². The molecule has 0 atom stereocenters. The lowest BCUT2D eigenvalue weighted by Crippen LogP contribution is -2.33. The number of carboxylic acids is 1. The molecule has 0 aliphatic heterocycles. The molecule has 1 rings (SSSR count). The zero-order valence-electron chi connectivity index (χ0n) is 11.6. The van der Waals surface area contributed by atoms with Crippen molar-refractivity contribution < 1.29 is 23.9 Å². The highest BCUT2D eigenvalue weighted by molar-refractivity contribution is 5.93. The Hall–Kier alpha value is -2.64. The smallest absolute Gasteiger partial charge is 0.338 e. The monoisotopic (exact) mass is 297 g/mol. The van der Waals surface area contributed by atoms with Crippen molar-refractivity contribution in [1.29, 1.82) is 0 Å². The standard InChI is InChI=1S/C13H16FN3O4/c1-17(2)11(18)5-6-15-13(21)16-8-3-4-10(14)9(7-8)12(19)20/h3-4,7H,5-6H2,1-2H3,(H,19,20)(H2,15,16,21). The summed E-state index contributed by atoms with van der Waals surface area (Å²) in [5, 5.41) is 13.6. The van der Waals surface area contributed by atoms with Crippen LogP contribution in [0, 0.1) is 5.82 Å². The Kier molecular flexibility index (Phi) is 5.65. The molecular weight excluding hydrogens is 281 g/mol. The van der Waals surface area contributed by atoms with E-state index in [9.17, 15) is 18.8 Å². The van der Waals surface area contributed by atoms with Gasteiger partial charge in [-0.25, -0.2) is 14.0 Å². The van der Waals surface area contributed by atoms with Crippen LogP contribution in [0.2, 0.25) is 0 Å². The fourth-order valence-corrected chi connectivity index (χ4v) is 1.45. The first-order valence-corrected chi connectivity index (χ1v) is 6.09. The summed E-state index contributed by atoms with van der Waals surface area (Å²) in [6.45, 7) is 0.135. The second-order valence-electron chi connectivity index (χ2n) is 4.42. The molecule has 3 amide bonds. The fourth-order valence-electron chi connectivity index (χ4n) is 1.45. The number of nitrogens with one attached hydrogen (secondary N) is 2. The van der Waals surface area contributed by atoms with Crippen molar-refractivity contribution in [3.05, 3.63) is 29.6 Å². The Labute approximate surface area is 120 Å². The number of carboxylic acid groups (broad SMARTS) is 1. The van der Waals surface area contributed by atoms with Crippen molar-refractivity contribution in [1.82, 2.24) is 10.2 Å². The first kappa shape index (κ1) is 16.4. The summed E-state index contributed by atoms with van der Waals surface area (Å²) in [6, 6.07) is 2.60. The maximum atomic E-state index is 13.2. The third kappa shape index (κ3) is 5.09. The van der Waals surface area contributed by atoms with Crippen LogP contribution in [0.25, 0.3) is 0 Å². The lowest BCUT2D eigenvalue weighted by molar-refractivity contribution is -0.128. The van der Waals surface area contributed by atoms with Gasteiger partial charge in [0.15, 0.2) is 0 Å². The number of hydrogen-bond donors (Lipinski definition) is 3. The second kappa shape index (κ2) is 7.22. The van der Waals surface area contributed by atoms with Crippen LogP contribution in [-0.4, -0.2) is 48.6 Å². The Balaban J connectivity index is 2.54. The predicted octanol–water partition coefficient (Wildman–Crippen LogP) is 1.12. The van der Waals surface area contributed by atoms with Crippen LogP contribution in [0.15, 0.2) is 18.2 Å². The zero-order chi connectivity index (χ0) is 16.0. The topological polar surface area (TPSA) is 98.7 Å². The number of rotatable bonds is 5. The van der Waals surface area contributed by atoms with Crippen LogP contribution >= 0.6 is 0 Å². The number of carbonyl (C=O) groups excluding carboxylic acids is 2. The summed E-state index contributed by atoms with van der Waals surface area (Å²) in [6.07, 6.45) is 0.143. The van der Waals surface area contributed by atoms with Crippen molar-refractivity contribution in [2.45, 2.75) is 6.42 Å². The largest absolute Gasteiger partial charge is 0.478 e. The molecule has 0 aromatic heterocycles. The molecule has 0 unspecified atom stereocenters. The maximum Gasteiger partial charge on any atom is 0.338 e. The lowest BCUT2D eigenvalue weighted by Gasteiger charge is -2.11. The van der Waals surface area contributed by atoms with Crippen molar-refractivity contribution in [2.24, 2.45) is 0 Å². The first-order valence-electron chi connectivity index (χ1n) is 6.09. The quantitative estimate of drug-likeness (QED) is 0.758. The van der Waals surface area contributed by atoms with Crippen molar-refractivity contribution in [3.63, 3.8) is 0 Å². The van der Waals surface area contributed by atoms with Gasteiger partial charge in [0, 0.05) is 32.7 Å². The minimum Gasteiger partial charge on any atom is -0.478 e. The van der Waals surface area contributed by atoms with E-state index < -0.39 is 23.4 Å². The maximum absolute atomic E-state index is 13.2. The Morgan fingerprint density at radius 2 is 1.95 bits per heavy atom. The van der Waals surface area contributed by atoms with E-state index in [0.717, 1.165) is 12.1 Å². The van der Waals surface area contributed by atoms with Crippen LogP contribution in [0.4, 0.5) is 14.9 Å². The van der Waals surface area contributed by atoms with Crippen LogP contribution in [0.3, 0.4) is 0 Å². The van der Waals surface area contributed by atoms with E-state index in [-0.39, 0.29) is 24.6 Å². The van der Waals surface area contributed by atoms with E-state index in [2.05, 4.69) is 10.6 Å². The third-order valence-electron chi connectivity index (χ3n) is 2.58. The molecule has 7 nitrogen and oxygen atoms in total. The number of urea groups is 1. The minimum absolute atomic E-state index is 0.134. The number of anilines is 1.